The van der Waals surface area contributed by atoms with E-state index in [0.29, 0.717) is 19.5 Å². The van der Waals surface area contributed by atoms with Crippen molar-refractivity contribution < 1.29 is 9.59 Å². The smallest absolute Gasteiger partial charge is 0.245 e. The molecule has 0 saturated carbocycles. The molecule has 2 amide bonds. The maximum absolute atomic E-state index is 12.6. The van der Waals surface area contributed by atoms with Gasteiger partial charge in [-0.1, -0.05) is 13.8 Å². The molecule has 1 atom stereocenters. The van der Waals surface area contributed by atoms with E-state index in [1.54, 1.807) is 4.90 Å². The molecule has 1 aromatic rings. The highest BCUT2D eigenvalue weighted by atomic mass is 16.2. The zero-order valence-corrected chi connectivity index (χ0v) is 13.2. The highest BCUT2D eigenvalue weighted by Gasteiger charge is 2.32. The fraction of sp³-hybridized carbons (Fsp3) is 0.667. The molecule has 1 aromatic heterocycles. The summed E-state index contributed by atoms with van der Waals surface area (Å²) >= 11 is 0. The number of nitrogens with one attached hydrogen (secondary N) is 1. The normalized spacial score (nSPS) is 19.9. The standard InChI is InChI=1S/C15H24N4O2/c1-5-19-12(8-11(4)17-19)9-18-7-6-13(20)16-14(10(2)3)15(18)21/h8,10,14H,5-7,9H2,1-4H3,(H,16,20). The fourth-order valence-electron chi connectivity index (χ4n) is 2.66. The van der Waals surface area contributed by atoms with Gasteiger partial charge in [-0.15, -0.1) is 0 Å². The predicted molar refractivity (Wildman–Crippen MR) is 79.4 cm³/mol. The van der Waals surface area contributed by atoms with Gasteiger partial charge >= 0.3 is 0 Å². The predicted octanol–water partition coefficient (Wildman–Crippen LogP) is 1.08. The van der Waals surface area contributed by atoms with Gasteiger partial charge in [0, 0.05) is 19.5 Å². The number of rotatable bonds is 4. The van der Waals surface area contributed by atoms with Crippen LogP contribution in [-0.2, 0) is 22.7 Å². The average molecular weight is 292 g/mol. The summed E-state index contributed by atoms with van der Waals surface area (Å²) < 4.78 is 1.91. The third kappa shape index (κ3) is 3.43. The minimum Gasteiger partial charge on any atom is -0.344 e. The summed E-state index contributed by atoms with van der Waals surface area (Å²) in [6, 6.07) is 1.57. The van der Waals surface area contributed by atoms with Crippen LogP contribution >= 0.6 is 0 Å². The lowest BCUT2D eigenvalue weighted by Gasteiger charge is -2.26. The number of aromatic nitrogens is 2. The third-order valence-electron chi connectivity index (χ3n) is 3.81. The summed E-state index contributed by atoms with van der Waals surface area (Å²) in [5, 5.41) is 7.23. The van der Waals surface area contributed by atoms with Gasteiger partial charge < -0.3 is 10.2 Å². The Balaban J connectivity index is 2.20. The molecule has 6 nitrogen and oxygen atoms in total. The monoisotopic (exact) mass is 292 g/mol. The van der Waals surface area contributed by atoms with Crippen molar-refractivity contribution in [3.05, 3.63) is 17.5 Å². The van der Waals surface area contributed by atoms with E-state index in [1.807, 2.05) is 38.4 Å². The Labute approximate surface area is 125 Å². The first-order chi connectivity index (χ1) is 9.92. The highest BCUT2D eigenvalue weighted by Crippen LogP contribution is 2.15. The van der Waals surface area contributed by atoms with Gasteiger partial charge in [0.15, 0.2) is 0 Å². The Morgan fingerprint density at radius 1 is 1.43 bits per heavy atom. The Bertz CT molecular complexity index is 536. The number of nitrogens with zero attached hydrogens (tertiary/aromatic N) is 3. The maximum atomic E-state index is 12.6. The maximum Gasteiger partial charge on any atom is 0.245 e. The first kappa shape index (κ1) is 15.5. The second kappa shape index (κ2) is 6.28. The van der Waals surface area contributed by atoms with Crippen molar-refractivity contribution in [2.45, 2.75) is 53.2 Å². The molecular formula is C15H24N4O2. The lowest BCUT2D eigenvalue weighted by atomic mass is 10.0. The van der Waals surface area contributed by atoms with Crippen molar-refractivity contribution in [3.63, 3.8) is 0 Å². The van der Waals surface area contributed by atoms with E-state index in [9.17, 15) is 9.59 Å². The summed E-state index contributed by atoms with van der Waals surface area (Å²) in [6.07, 6.45) is 0.355. The molecule has 21 heavy (non-hydrogen) atoms. The molecule has 1 aliphatic heterocycles. The van der Waals surface area contributed by atoms with Gasteiger partial charge in [0.05, 0.1) is 17.9 Å². The average Bonchev–Trinajstić information content (AvgIpc) is 2.72. The third-order valence-corrected chi connectivity index (χ3v) is 3.81. The molecule has 1 unspecified atom stereocenters. The van der Waals surface area contributed by atoms with Crippen molar-refractivity contribution in [1.82, 2.24) is 20.0 Å². The largest absolute Gasteiger partial charge is 0.344 e. The van der Waals surface area contributed by atoms with Crippen molar-refractivity contribution in [2.75, 3.05) is 6.54 Å². The highest BCUT2D eigenvalue weighted by molar-refractivity contribution is 5.90. The quantitative estimate of drug-likeness (QED) is 0.903. The first-order valence-corrected chi connectivity index (χ1v) is 7.53. The van der Waals surface area contributed by atoms with Crippen LogP contribution in [0.4, 0.5) is 0 Å². The molecular weight excluding hydrogens is 268 g/mol. The van der Waals surface area contributed by atoms with E-state index < -0.39 is 6.04 Å². The van der Waals surface area contributed by atoms with Gasteiger partial charge in [0.1, 0.15) is 6.04 Å². The number of amides is 2. The molecule has 2 rings (SSSR count). The van der Waals surface area contributed by atoms with Crippen LogP contribution in [0.25, 0.3) is 0 Å². The Morgan fingerprint density at radius 3 is 2.76 bits per heavy atom. The molecule has 1 aliphatic rings. The molecule has 0 bridgehead atoms. The summed E-state index contributed by atoms with van der Waals surface area (Å²) in [6.45, 7) is 9.62. The van der Waals surface area contributed by atoms with Crippen molar-refractivity contribution >= 4 is 11.8 Å². The summed E-state index contributed by atoms with van der Waals surface area (Å²) in [7, 11) is 0. The zero-order valence-electron chi connectivity index (χ0n) is 13.2. The topological polar surface area (TPSA) is 67.2 Å². The van der Waals surface area contributed by atoms with E-state index in [1.165, 1.54) is 0 Å². The van der Waals surface area contributed by atoms with E-state index in [-0.39, 0.29) is 17.7 Å². The zero-order chi connectivity index (χ0) is 15.6. The Kier molecular flexibility index (Phi) is 4.65. The van der Waals surface area contributed by atoms with E-state index >= 15 is 0 Å². The van der Waals surface area contributed by atoms with E-state index in [0.717, 1.165) is 17.9 Å². The number of hydrogen-bond acceptors (Lipinski definition) is 3. The van der Waals surface area contributed by atoms with Crippen LogP contribution in [0, 0.1) is 12.8 Å². The molecule has 2 heterocycles. The van der Waals surface area contributed by atoms with Crippen LogP contribution in [0.2, 0.25) is 0 Å². The Morgan fingerprint density at radius 2 is 2.14 bits per heavy atom. The van der Waals surface area contributed by atoms with Crippen LogP contribution in [0.15, 0.2) is 6.07 Å². The van der Waals surface area contributed by atoms with Gasteiger partial charge in [-0.2, -0.15) is 5.10 Å². The molecule has 1 saturated heterocycles. The second-order valence-corrected chi connectivity index (χ2v) is 5.89. The van der Waals surface area contributed by atoms with E-state index in [4.69, 9.17) is 0 Å². The van der Waals surface area contributed by atoms with Gasteiger partial charge in [0.25, 0.3) is 0 Å². The fourth-order valence-corrected chi connectivity index (χ4v) is 2.66. The number of carbonyl (C=O) groups excluding carboxylic acids is 2. The van der Waals surface area contributed by atoms with Gasteiger partial charge in [0.2, 0.25) is 11.8 Å². The molecule has 1 fully saturated rings. The van der Waals surface area contributed by atoms with Crippen LogP contribution in [0.3, 0.4) is 0 Å². The van der Waals surface area contributed by atoms with Gasteiger partial charge in [-0.25, -0.2) is 0 Å². The summed E-state index contributed by atoms with van der Waals surface area (Å²) in [5.41, 5.74) is 1.96. The lowest BCUT2D eigenvalue weighted by molar-refractivity contribution is -0.135. The number of carbonyl (C=O) groups is 2. The van der Waals surface area contributed by atoms with Gasteiger partial charge in [-0.3, -0.25) is 14.3 Å². The minimum absolute atomic E-state index is 0.00245. The van der Waals surface area contributed by atoms with Crippen LogP contribution in [0.5, 0.6) is 0 Å². The van der Waals surface area contributed by atoms with Crippen LogP contribution in [-0.4, -0.2) is 39.1 Å². The minimum atomic E-state index is -0.431. The van der Waals surface area contributed by atoms with Crippen molar-refractivity contribution in [1.29, 1.82) is 0 Å². The van der Waals surface area contributed by atoms with Crippen LogP contribution < -0.4 is 5.32 Å². The second-order valence-electron chi connectivity index (χ2n) is 5.89. The van der Waals surface area contributed by atoms with E-state index in [2.05, 4.69) is 10.4 Å². The lowest BCUT2D eigenvalue weighted by Crippen LogP contribution is -2.47. The molecule has 0 radical (unpaired) electrons. The first-order valence-electron chi connectivity index (χ1n) is 7.53. The molecule has 6 heteroatoms. The summed E-state index contributed by atoms with van der Waals surface area (Å²) in [5.74, 6) is 0.0296. The van der Waals surface area contributed by atoms with Crippen molar-refractivity contribution in [2.24, 2.45) is 5.92 Å². The molecule has 0 aliphatic carbocycles. The molecule has 116 valence electrons. The number of hydrogen-bond donors (Lipinski definition) is 1. The summed E-state index contributed by atoms with van der Waals surface area (Å²) in [4.78, 5) is 26.2. The number of aryl methyl sites for hydroxylation is 2. The molecule has 0 aromatic carbocycles. The Hall–Kier alpha value is -1.85. The SMILES string of the molecule is CCn1nc(C)cc1CN1CCC(=O)NC(C(C)C)C1=O. The van der Waals surface area contributed by atoms with Crippen molar-refractivity contribution in [3.8, 4) is 0 Å². The van der Waals surface area contributed by atoms with Gasteiger partial charge in [-0.05, 0) is 25.8 Å². The molecule has 0 spiro atoms. The van der Waals surface area contributed by atoms with Crippen LogP contribution in [0.1, 0.15) is 38.6 Å². The molecule has 1 N–H and O–H groups in total.